The zero-order valence-electron chi connectivity index (χ0n) is 8.94. The van der Waals surface area contributed by atoms with Crippen LogP contribution >= 0.6 is 0 Å². The third-order valence-electron chi connectivity index (χ3n) is 2.08. The molecule has 0 saturated heterocycles. The number of aliphatic carboxylic acids is 1. The van der Waals surface area contributed by atoms with E-state index in [2.05, 4.69) is 21.8 Å². The Labute approximate surface area is 89.1 Å². The molecule has 2 N–H and O–H groups in total. The fourth-order valence-electron chi connectivity index (χ4n) is 1.35. The van der Waals surface area contributed by atoms with Crippen molar-refractivity contribution >= 4 is 5.97 Å². The van der Waals surface area contributed by atoms with E-state index in [4.69, 9.17) is 5.11 Å². The summed E-state index contributed by atoms with van der Waals surface area (Å²) in [4.78, 5) is 14.3. The van der Waals surface area contributed by atoms with E-state index in [9.17, 15) is 4.79 Å². The topological polar surface area (TPSA) is 67.2 Å². The summed E-state index contributed by atoms with van der Waals surface area (Å²) in [5.41, 5.74) is 1.10. The van der Waals surface area contributed by atoms with Crippen molar-refractivity contribution in [2.24, 2.45) is 0 Å². The maximum absolute atomic E-state index is 10.3. The predicted octanol–water partition coefficient (Wildman–Crippen LogP) is 0.857. The zero-order valence-corrected chi connectivity index (χ0v) is 8.94. The number of hydrogen-bond donors (Lipinski definition) is 2. The van der Waals surface area contributed by atoms with E-state index in [0.29, 0.717) is 13.1 Å². The lowest BCUT2D eigenvalue weighted by atomic mass is 10.4. The van der Waals surface area contributed by atoms with Crippen molar-refractivity contribution in [3.8, 4) is 0 Å². The van der Waals surface area contributed by atoms with Crippen LogP contribution in [0.1, 0.15) is 25.5 Å². The van der Waals surface area contributed by atoms with Gasteiger partial charge >= 0.3 is 5.97 Å². The van der Waals surface area contributed by atoms with Gasteiger partial charge in [-0.05, 0) is 6.42 Å². The number of nitrogens with one attached hydrogen (secondary N) is 1. The lowest BCUT2D eigenvalue weighted by molar-refractivity contribution is -0.136. The molecule has 0 spiro atoms. The Hall–Kier alpha value is -1.36. The predicted molar refractivity (Wildman–Crippen MR) is 56.5 cm³/mol. The van der Waals surface area contributed by atoms with Crippen LogP contribution in [0.5, 0.6) is 0 Å². The molecule has 1 aromatic heterocycles. The number of aromatic nitrogens is 2. The normalized spacial score (nSPS) is 10.5. The van der Waals surface area contributed by atoms with Crippen LogP contribution in [-0.4, -0.2) is 27.2 Å². The largest absolute Gasteiger partial charge is 0.481 e. The Kier molecular flexibility index (Phi) is 4.83. The number of hydrogen-bond acceptors (Lipinski definition) is 3. The minimum atomic E-state index is -0.774. The summed E-state index contributed by atoms with van der Waals surface area (Å²) >= 11 is 0. The number of aryl methyl sites for hydroxylation is 1. The summed E-state index contributed by atoms with van der Waals surface area (Å²) < 4.78 is 2.08. The van der Waals surface area contributed by atoms with Crippen LogP contribution in [0.15, 0.2) is 12.5 Å². The Morgan fingerprint density at radius 3 is 3.13 bits per heavy atom. The third-order valence-corrected chi connectivity index (χ3v) is 2.08. The summed E-state index contributed by atoms with van der Waals surface area (Å²) in [6.45, 7) is 4.23. The van der Waals surface area contributed by atoms with Gasteiger partial charge in [0.25, 0.3) is 0 Å². The van der Waals surface area contributed by atoms with Crippen molar-refractivity contribution in [2.75, 3.05) is 6.54 Å². The average Bonchev–Trinajstić information content (AvgIpc) is 2.61. The summed E-state index contributed by atoms with van der Waals surface area (Å²) in [7, 11) is 0. The van der Waals surface area contributed by atoms with Crippen LogP contribution in [0.3, 0.4) is 0 Å². The van der Waals surface area contributed by atoms with E-state index in [1.54, 1.807) is 6.33 Å². The zero-order chi connectivity index (χ0) is 11.1. The van der Waals surface area contributed by atoms with Gasteiger partial charge in [0.2, 0.25) is 0 Å². The Morgan fingerprint density at radius 2 is 2.47 bits per heavy atom. The molecular weight excluding hydrogens is 194 g/mol. The molecule has 1 aromatic rings. The molecule has 0 aromatic carbocycles. The minimum Gasteiger partial charge on any atom is -0.481 e. The first-order valence-electron chi connectivity index (χ1n) is 5.15. The molecule has 0 atom stereocenters. The first-order chi connectivity index (χ1) is 7.24. The van der Waals surface area contributed by atoms with Crippen LogP contribution in [0, 0.1) is 0 Å². The van der Waals surface area contributed by atoms with Crippen LogP contribution in [-0.2, 0) is 17.9 Å². The fourth-order valence-corrected chi connectivity index (χ4v) is 1.35. The van der Waals surface area contributed by atoms with Gasteiger partial charge in [-0.25, -0.2) is 4.98 Å². The van der Waals surface area contributed by atoms with E-state index in [1.807, 2.05) is 6.20 Å². The highest BCUT2D eigenvalue weighted by molar-refractivity contribution is 5.66. The number of rotatable bonds is 7. The van der Waals surface area contributed by atoms with Gasteiger partial charge in [0.15, 0.2) is 0 Å². The first kappa shape index (κ1) is 11.7. The molecule has 1 heterocycles. The molecule has 84 valence electrons. The third kappa shape index (κ3) is 4.12. The molecular formula is C10H17N3O2. The highest BCUT2D eigenvalue weighted by Crippen LogP contribution is 2.00. The maximum Gasteiger partial charge on any atom is 0.304 e. The summed E-state index contributed by atoms with van der Waals surface area (Å²) in [6.07, 6.45) is 4.83. The van der Waals surface area contributed by atoms with Crippen molar-refractivity contribution in [3.63, 3.8) is 0 Å². The monoisotopic (exact) mass is 211 g/mol. The molecule has 0 bridgehead atoms. The average molecular weight is 211 g/mol. The number of nitrogens with zero attached hydrogens (tertiary/aromatic N) is 2. The summed E-state index contributed by atoms with van der Waals surface area (Å²) in [5, 5.41) is 11.5. The quantitative estimate of drug-likeness (QED) is 0.656. The molecule has 0 aliphatic carbocycles. The van der Waals surface area contributed by atoms with E-state index in [0.717, 1.165) is 18.7 Å². The second-order valence-corrected chi connectivity index (χ2v) is 3.40. The summed E-state index contributed by atoms with van der Waals surface area (Å²) in [5.74, 6) is -0.774. The van der Waals surface area contributed by atoms with Gasteiger partial charge < -0.3 is 15.0 Å². The van der Waals surface area contributed by atoms with Gasteiger partial charge in [-0.3, -0.25) is 4.79 Å². The van der Waals surface area contributed by atoms with Crippen LogP contribution in [0.4, 0.5) is 0 Å². The van der Waals surface area contributed by atoms with Gasteiger partial charge in [-0.15, -0.1) is 0 Å². The minimum absolute atomic E-state index is 0.155. The molecule has 15 heavy (non-hydrogen) atoms. The highest BCUT2D eigenvalue weighted by Gasteiger charge is 2.01. The van der Waals surface area contributed by atoms with Crippen molar-refractivity contribution in [1.29, 1.82) is 0 Å². The van der Waals surface area contributed by atoms with E-state index in [-0.39, 0.29) is 6.42 Å². The van der Waals surface area contributed by atoms with Crippen molar-refractivity contribution < 1.29 is 9.90 Å². The molecule has 5 heteroatoms. The highest BCUT2D eigenvalue weighted by atomic mass is 16.4. The van der Waals surface area contributed by atoms with Gasteiger partial charge in [-0.1, -0.05) is 6.92 Å². The lowest BCUT2D eigenvalue weighted by Gasteiger charge is -2.06. The fraction of sp³-hybridized carbons (Fsp3) is 0.600. The Morgan fingerprint density at radius 1 is 1.67 bits per heavy atom. The molecule has 0 saturated carbocycles. The van der Waals surface area contributed by atoms with E-state index < -0.39 is 5.97 Å². The van der Waals surface area contributed by atoms with Crippen LogP contribution < -0.4 is 5.32 Å². The first-order valence-corrected chi connectivity index (χ1v) is 5.15. The van der Waals surface area contributed by atoms with Gasteiger partial charge in [0.1, 0.15) is 0 Å². The molecule has 0 amide bonds. The molecule has 0 aliphatic rings. The Bertz CT molecular complexity index is 309. The van der Waals surface area contributed by atoms with Crippen molar-refractivity contribution in [1.82, 2.24) is 14.9 Å². The van der Waals surface area contributed by atoms with Gasteiger partial charge in [0, 0.05) is 25.8 Å². The van der Waals surface area contributed by atoms with E-state index >= 15 is 0 Å². The molecule has 0 fully saturated rings. The number of carbonyl (C=O) groups is 1. The van der Waals surface area contributed by atoms with Crippen LogP contribution in [0.25, 0.3) is 0 Å². The number of carboxylic acid groups (broad SMARTS) is 1. The molecule has 0 radical (unpaired) electrons. The molecule has 0 unspecified atom stereocenters. The number of imidazole rings is 1. The van der Waals surface area contributed by atoms with Crippen molar-refractivity contribution in [3.05, 3.63) is 18.2 Å². The lowest BCUT2D eigenvalue weighted by Crippen LogP contribution is -2.19. The maximum atomic E-state index is 10.3. The second kappa shape index (κ2) is 6.19. The molecule has 1 rings (SSSR count). The van der Waals surface area contributed by atoms with Crippen molar-refractivity contribution in [2.45, 2.75) is 32.9 Å². The van der Waals surface area contributed by atoms with Gasteiger partial charge in [0.05, 0.1) is 18.4 Å². The van der Waals surface area contributed by atoms with Crippen LogP contribution in [0.2, 0.25) is 0 Å². The second-order valence-electron chi connectivity index (χ2n) is 3.40. The molecule has 5 nitrogen and oxygen atoms in total. The summed E-state index contributed by atoms with van der Waals surface area (Å²) in [6, 6.07) is 0. The number of carboxylic acids is 1. The smallest absolute Gasteiger partial charge is 0.304 e. The standard InChI is InChI=1S/C10H17N3O2/c1-2-5-13-8-12-7-9(13)6-11-4-3-10(14)15/h7-8,11H,2-6H2,1H3,(H,14,15). The molecule has 0 aliphatic heterocycles. The Balaban J connectivity index is 2.30. The SMILES string of the molecule is CCCn1cncc1CNCCC(=O)O. The van der Waals surface area contributed by atoms with E-state index in [1.165, 1.54) is 0 Å². The van der Waals surface area contributed by atoms with Gasteiger partial charge in [-0.2, -0.15) is 0 Å².